The van der Waals surface area contributed by atoms with Crippen molar-refractivity contribution in [3.63, 3.8) is 0 Å². The van der Waals surface area contributed by atoms with Crippen molar-refractivity contribution < 1.29 is 19.0 Å². The zero-order valence-electron chi connectivity index (χ0n) is 18.2. The maximum absolute atomic E-state index is 12.4. The van der Waals surface area contributed by atoms with Gasteiger partial charge in [-0.15, -0.1) is 0 Å². The summed E-state index contributed by atoms with van der Waals surface area (Å²) in [5.41, 5.74) is 2.33. The molecule has 32 heavy (non-hydrogen) atoms. The number of carbonyl (C=O) groups is 1. The van der Waals surface area contributed by atoms with Crippen LogP contribution in [0, 0.1) is 0 Å². The van der Waals surface area contributed by atoms with Gasteiger partial charge in [0, 0.05) is 11.8 Å². The molecule has 0 aliphatic carbocycles. The van der Waals surface area contributed by atoms with Gasteiger partial charge in [0.25, 0.3) is 0 Å². The summed E-state index contributed by atoms with van der Waals surface area (Å²) in [6.07, 6.45) is 0. The minimum absolute atomic E-state index is 0.101. The second-order valence-electron chi connectivity index (χ2n) is 7.18. The Balaban J connectivity index is 1.45. The van der Waals surface area contributed by atoms with E-state index in [0.717, 1.165) is 17.0 Å². The van der Waals surface area contributed by atoms with Gasteiger partial charge < -0.3 is 24.8 Å². The van der Waals surface area contributed by atoms with Crippen molar-refractivity contribution in [2.24, 2.45) is 0 Å². The van der Waals surface area contributed by atoms with E-state index in [0.29, 0.717) is 37.0 Å². The Hall–Kier alpha value is -3.93. The van der Waals surface area contributed by atoms with Crippen LogP contribution in [0.3, 0.4) is 0 Å². The number of ether oxygens (including phenoxy) is 3. The standard InChI is InChI=1S/C26H28N2O4/c1-20(2)19-32-25-14-7-6-13-24(25)27-18-26(29)28-21-9-8-12-23(17-21)31-16-15-30-22-10-4-3-5-11-22/h3-14,17,27H,1,15-16,18-19H2,2H3,(H,28,29). The third-order valence-corrected chi connectivity index (χ3v) is 4.28. The number of hydrogen-bond acceptors (Lipinski definition) is 5. The first-order valence-electron chi connectivity index (χ1n) is 10.4. The Morgan fingerprint density at radius 2 is 1.53 bits per heavy atom. The summed E-state index contributed by atoms with van der Waals surface area (Å²) >= 11 is 0. The fourth-order valence-corrected chi connectivity index (χ4v) is 2.82. The molecule has 3 aromatic carbocycles. The lowest BCUT2D eigenvalue weighted by Gasteiger charge is -2.13. The first kappa shape index (κ1) is 22.7. The predicted octanol–water partition coefficient (Wildman–Crippen LogP) is 5.15. The van der Waals surface area contributed by atoms with Crippen molar-refractivity contribution >= 4 is 17.3 Å². The summed E-state index contributed by atoms with van der Waals surface area (Å²) in [5.74, 6) is 1.96. The van der Waals surface area contributed by atoms with E-state index in [4.69, 9.17) is 14.2 Å². The molecule has 0 radical (unpaired) electrons. The van der Waals surface area contributed by atoms with Crippen LogP contribution in [-0.2, 0) is 4.79 Å². The van der Waals surface area contributed by atoms with Crippen molar-refractivity contribution in [3.05, 3.63) is 91.0 Å². The lowest BCUT2D eigenvalue weighted by Crippen LogP contribution is -2.22. The molecule has 0 saturated heterocycles. The van der Waals surface area contributed by atoms with Gasteiger partial charge in [0.15, 0.2) is 0 Å². The molecule has 3 aromatic rings. The van der Waals surface area contributed by atoms with Crippen LogP contribution >= 0.6 is 0 Å². The molecule has 1 amide bonds. The largest absolute Gasteiger partial charge is 0.490 e. The van der Waals surface area contributed by atoms with E-state index in [1.165, 1.54) is 0 Å². The summed E-state index contributed by atoms with van der Waals surface area (Å²) in [6.45, 7) is 7.09. The molecule has 0 aliphatic heterocycles. The predicted molar refractivity (Wildman–Crippen MR) is 128 cm³/mol. The molecular weight excluding hydrogens is 404 g/mol. The number of nitrogens with one attached hydrogen (secondary N) is 2. The van der Waals surface area contributed by atoms with Crippen molar-refractivity contribution in [1.82, 2.24) is 0 Å². The van der Waals surface area contributed by atoms with Crippen LogP contribution in [0.1, 0.15) is 6.92 Å². The number of benzene rings is 3. The summed E-state index contributed by atoms with van der Waals surface area (Å²) in [5, 5.41) is 5.99. The van der Waals surface area contributed by atoms with Crippen molar-refractivity contribution in [2.45, 2.75) is 6.92 Å². The van der Waals surface area contributed by atoms with Crippen LogP contribution in [-0.4, -0.2) is 32.3 Å². The van der Waals surface area contributed by atoms with Crippen molar-refractivity contribution in [1.29, 1.82) is 0 Å². The number of rotatable bonds is 12. The van der Waals surface area contributed by atoms with E-state index < -0.39 is 0 Å². The maximum Gasteiger partial charge on any atom is 0.243 e. The molecule has 0 bridgehead atoms. The van der Waals surface area contributed by atoms with E-state index in [1.54, 1.807) is 6.07 Å². The van der Waals surface area contributed by atoms with Crippen LogP contribution in [0.5, 0.6) is 17.2 Å². The highest BCUT2D eigenvalue weighted by molar-refractivity contribution is 5.94. The fourth-order valence-electron chi connectivity index (χ4n) is 2.82. The first-order valence-corrected chi connectivity index (χ1v) is 10.4. The Morgan fingerprint density at radius 1 is 0.844 bits per heavy atom. The normalized spacial score (nSPS) is 10.2. The van der Waals surface area contributed by atoms with Gasteiger partial charge in [0.1, 0.15) is 37.1 Å². The van der Waals surface area contributed by atoms with Gasteiger partial charge in [0.2, 0.25) is 5.91 Å². The lowest BCUT2D eigenvalue weighted by atomic mass is 10.2. The fraction of sp³-hybridized carbons (Fsp3) is 0.192. The van der Waals surface area contributed by atoms with E-state index in [1.807, 2.05) is 79.7 Å². The molecule has 0 aromatic heterocycles. The van der Waals surface area contributed by atoms with Crippen LogP contribution in [0.15, 0.2) is 91.0 Å². The maximum atomic E-state index is 12.4. The Labute approximate surface area is 188 Å². The zero-order chi connectivity index (χ0) is 22.6. The van der Waals surface area contributed by atoms with Gasteiger partial charge >= 0.3 is 0 Å². The van der Waals surface area contributed by atoms with Crippen LogP contribution < -0.4 is 24.8 Å². The summed E-state index contributed by atoms with van der Waals surface area (Å²) in [6, 6.07) is 24.3. The Kier molecular flexibility index (Phi) is 8.57. The summed E-state index contributed by atoms with van der Waals surface area (Å²) in [4.78, 5) is 12.4. The minimum atomic E-state index is -0.177. The average molecular weight is 433 g/mol. The second kappa shape index (κ2) is 12.1. The monoisotopic (exact) mass is 432 g/mol. The summed E-state index contributed by atoms with van der Waals surface area (Å²) in [7, 11) is 0. The van der Waals surface area contributed by atoms with E-state index in [-0.39, 0.29) is 12.5 Å². The SMILES string of the molecule is C=C(C)COc1ccccc1NCC(=O)Nc1cccc(OCCOc2ccccc2)c1. The van der Waals surface area contributed by atoms with Crippen LogP contribution in [0.2, 0.25) is 0 Å². The number of para-hydroxylation sites is 3. The van der Waals surface area contributed by atoms with Gasteiger partial charge in [-0.25, -0.2) is 0 Å². The van der Waals surface area contributed by atoms with E-state index in [9.17, 15) is 4.79 Å². The third kappa shape index (κ3) is 7.72. The zero-order valence-corrected chi connectivity index (χ0v) is 18.2. The molecule has 0 unspecified atom stereocenters. The molecule has 0 aliphatic rings. The van der Waals surface area contributed by atoms with Crippen molar-refractivity contribution in [2.75, 3.05) is 37.0 Å². The Morgan fingerprint density at radius 3 is 2.31 bits per heavy atom. The highest BCUT2D eigenvalue weighted by atomic mass is 16.5. The number of amides is 1. The number of hydrogen-bond donors (Lipinski definition) is 2. The summed E-state index contributed by atoms with van der Waals surface area (Å²) < 4.78 is 17.1. The average Bonchev–Trinajstić information content (AvgIpc) is 2.80. The van der Waals surface area contributed by atoms with Gasteiger partial charge in [-0.2, -0.15) is 0 Å². The van der Waals surface area contributed by atoms with Crippen molar-refractivity contribution in [3.8, 4) is 17.2 Å². The van der Waals surface area contributed by atoms with Gasteiger partial charge in [0.05, 0.1) is 12.2 Å². The molecule has 0 spiro atoms. The molecule has 2 N–H and O–H groups in total. The molecule has 6 heteroatoms. The minimum Gasteiger partial charge on any atom is -0.490 e. The second-order valence-corrected chi connectivity index (χ2v) is 7.18. The number of anilines is 2. The molecule has 166 valence electrons. The highest BCUT2D eigenvalue weighted by Crippen LogP contribution is 2.24. The molecule has 0 atom stereocenters. The third-order valence-electron chi connectivity index (χ3n) is 4.28. The lowest BCUT2D eigenvalue weighted by molar-refractivity contribution is -0.114. The van der Waals surface area contributed by atoms with Crippen LogP contribution in [0.4, 0.5) is 11.4 Å². The first-order chi connectivity index (χ1) is 15.6. The quantitative estimate of drug-likeness (QED) is 0.306. The molecule has 3 rings (SSSR count). The smallest absolute Gasteiger partial charge is 0.243 e. The molecule has 6 nitrogen and oxygen atoms in total. The highest BCUT2D eigenvalue weighted by Gasteiger charge is 2.07. The van der Waals surface area contributed by atoms with Crippen LogP contribution in [0.25, 0.3) is 0 Å². The number of carbonyl (C=O) groups excluding carboxylic acids is 1. The van der Waals surface area contributed by atoms with E-state index >= 15 is 0 Å². The molecule has 0 fully saturated rings. The molecule has 0 saturated carbocycles. The van der Waals surface area contributed by atoms with Gasteiger partial charge in [-0.05, 0) is 48.9 Å². The van der Waals surface area contributed by atoms with E-state index in [2.05, 4.69) is 17.2 Å². The van der Waals surface area contributed by atoms with Gasteiger partial charge in [-0.1, -0.05) is 43.0 Å². The molecular formula is C26H28N2O4. The van der Waals surface area contributed by atoms with Gasteiger partial charge in [-0.3, -0.25) is 4.79 Å². The molecule has 0 heterocycles. The topological polar surface area (TPSA) is 68.8 Å². The Bertz CT molecular complexity index is 1020.